The molecule has 0 spiro atoms. The molecule has 10 heteroatoms. The van der Waals surface area contributed by atoms with Crippen LogP contribution in [-0.2, 0) is 4.79 Å². The fourth-order valence-electron chi connectivity index (χ4n) is 3.24. The second kappa shape index (κ2) is 9.50. The number of aromatic carboxylic acids is 1. The first-order valence-corrected chi connectivity index (χ1v) is 11.1. The van der Waals surface area contributed by atoms with E-state index in [-0.39, 0.29) is 22.0 Å². The lowest BCUT2D eigenvalue weighted by Crippen LogP contribution is -2.21. The molecule has 2 heterocycles. The Morgan fingerprint density at radius 1 is 1.15 bits per heavy atom. The van der Waals surface area contributed by atoms with Crippen LogP contribution >= 0.6 is 22.9 Å². The number of carboxylic acid groups (broad SMARTS) is 1. The molecule has 8 nitrogen and oxygen atoms in total. The van der Waals surface area contributed by atoms with Crippen molar-refractivity contribution < 1.29 is 29.0 Å². The summed E-state index contributed by atoms with van der Waals surface area (Å²) in [5, 5.41) is 16.5. The van der Waals surface area contributed by atoms with E-state index < -0.39 is 17.8 Å². The van der Waals surface area contributed by atoms with Crippen LogP contribution in [0.15, 0.2) is 64.6 Å². The third-order valence-electron chi connectivity index (χ3n) is 4.91. The van der Waals surface area contributed by atoms with Gasteiger partial charge in [-0.25, -0.2) is 9.59 Å². The largest absolute Gasteiger partial charge is 0.493 e. The highest BCUT2D eigenvalue weighted by molar-refractivity contribution is 7.12. The number of methoxy groups -OCH3 is 1. The van der Waals surface area contributed by atoms with E-state index in [9.17, 15) is 19.5 Å². The number of carbonyl (C=O) groups excluding carboxylic acids is 2. The Kier molecular flexibility index (Phi) is 6.49. The summed E-state index contributed by atoms with van der Waals surface area (Å²) in [4.78, 5) is 37.2. The number of rotatable bonds is 6. The van der Waals surface area contributed by atoms with Crippen molar-refractivity contribution >= 4 is 58.3 Å². The first-order valence-electron chi connectivity index (χ1n) is 9.86. The number of amides is 1. The molecule has 172 valence electrons. The zero-order valence-corrected chi connectivity index (χ0v) is 19.5. The first-order chi connectivity index (χ1) is 16.3. The number of carboxylic acids is 1. The van der Waals surface area contributed by atoms with E-state index >= 15 is 0 Å². The summed E-state index contributed by atoms with van der Waals surface area (Å²) in [5.74, 6) is -1.56. The monoisotopic (exact) mass is 496 g/mol. The van der Waals surface area contributed by atoms with Gasteiger partial charge in [0.05, 0.1) is 34.7 Å². The Bertz CT molecular complexity index is 1360. The lowest BCUT2D eigenvalue weighted by molar-refractivity contribution is -0.114. The molecular weight excluding hydrogens is 480 g/mol. The van der Waals surface area contributed by atoms with Crippen LogP contribution in [0.1, 0.15) is 32.5 Å². The SMILES string of the molecule is COc1cc(/C=C2/C(=O)N(c3ccc(Cl)c(C(=O)O)c3)N=C2C)ccc1OC(=O)c1cccs1. The first kappa shape index (κ1) is 23.2. The van der Waals surface area contributed by atoms with Crippen LogP contribution in [0.2, 0.25) is 5.02 Å². The average molecular weight is 497 g/mol. The maximum Gasteiger partial charge on any atom is 0.353 e. The number of nitrogens with zero attached hydrogens (tertiary/aromatic N) is 2. The van der Waals surface area contributed by atoms with Crippen molar-refractivity contribution in [3.8, 4) is 11.5 Å². The number of carbonyl (C=O) groups is 3. The van der Waals surface area contributed by atoms with Gasteiger partial charge in [0.1, 0.15) is 4.88 Å². The van der Waals surface area contributed by atoms with Gasteiger partial charge in [-0.05, 0) is 60.3 Å². The highest BCUT2D eigenvalue weighted by atomic mass is 35.5. The molecular formula is C24H17ClN2O6S. The Morgan fingerprint density at radius 3 is 2.62 bits per heavy atom. The number of hydrazone groups is 1. The summed E-state index contributed by atoms with van der Waals surface area (Å²) in [6, 6.07) is 12.5. The molecule has 2 aromatic carbocycles. The standard InChI is InChI=1S/C24H17ClN2O6S/c1-13-16(22(28)27(26-13)15-6-7-18(25)17(12-15)23(29)30)10-14-5-8-19(20(11-14)32-2)33-24(31)21-4-3-9-34-21/h3-12H,1-2H3,(H,29,30)/b16-10+. The van der Waals surface area contributed by atoms with E-state index in [0.717, 1.165) is 5.01 Å². The van der Waals surface area contributed by atoms with Gasteiger partial charge in [0, 0.05) is 0 Å². The number of hydrogen-bond acceptors (Lipinski definition) is 7. The zero-order chi connectivity index (χ0) is 24.4. The van der Waals surface area contributed by atoms with Gasteiger partial charge in [-0.1, -0.05) is 23.7 Å². The highest BCUT2D eigenvalue weighted by Gasteiger charge is 2.29. The summed E-state index contributed by atoms with van der Waals surface area (Å²) >= 11 is 7.20. The van der Waals surface area contributed by atoms with E-state index in [2.05, 4.69) is 5.10 Å². The third-order valence-corrected chi connectivity index (χ3v) is 6.09. The molecule has 34 heavy (non-hydrogen) atoms. The van der Waals surface area contributed by atoms with Crippen molar-refractivity contribution in [1.82, 2.24) is 0 Å². The van der Waals surface area contributed by atoms with Crippen molar-refractivity contribution in [2.75, 3.05) is 12.1 Å². The van der Waals surface area contributed by atoms with Crippen LogP contribution in [0.4, 0.5) is 5.69 Å². The Morgan fingerprint density at radius 2 is 1.94 bits per heavy atom. The summed E-state index contributed by atoms with van der Waals surface area (Å²) in [6.07, 6.45) is 1.63. The van der Waals surface area contributed by atoms with Gasteiger partial charge in [0.2, 0.25) is 0 Å². The second-order valence-electron chi connectivity index (χ2n) is 7.11. The highest BCUT2D eigenvalue weighted by Crippen LogP contribution is 2.32. The van der Waals surface area contributed by atoms with Crippen molar-refractivity contribution in [2.45, 2.75) is 6.92 Å². The van der Waals surface area contributed by atoms with Gasteiger partial charge in [0.15, 0.2) is 11.5 Å². The molecule has 1 aliphatic rings. The zero-order valence-electron chi connectivity index (χ0n) is 17.9. The van der Waals surface area contributed by atoms with Crippen molar-refractivity contribution in [1.29, 1.82) is 0 Å². The molecule has 1 aliphatic heterocycles. The second-order valence-corrected chi connectivity index (χ2v) is 8.46. The topological polar surface area (TPSA) is 106 Å². The minimum absolute atomic E-state index is 0.0614. The van der Waals surface area contributed by atoms with E-state index in [1.165, 1.54) is 36.6 Å². The molecule has 0 saturated heterocycles. The number of thiophene rings is 1. The number of benzene rings is 2. The van der Waals surface area contributed by atoms with Gasteiger partial charge in [0.25, 0.3) is 5.91 Å². The molecule has 0 saturated carbocycles. The molecule has 1 aromatic heterocycles. The Balaban J connectivity index is 1.60. The number of ether oxygens (including phenoxy) is 2. The van der Waals surface area contributed by atoms with Crippen LogP contribution in [0.25, 0.3) is 6.08 Å². The van der Waals surface area contributed by atoms with Crippen molar-refractivity contribution in [3.63, 3.8) is 0 Å². The average Bonchev–Trinajstić information content (AvgIpc) is 3.45. The predicted molar refractivity (Wildman–Crippen MR) is 129 cm³/mol. The summed E-state index contributed by atoms with van der Waals surface area (Å²) in [5.41, 5.74) is 1.54. The Labute approximate surface area is 203 Å². The molecule has 4 rings (SSSR count). The minimum atomic E-state index is -1.21. The van der Waals surface area contributed by atoms with Gasteiger partial charge in [-0.15, -0.1) is 11.3 Å². The molecule has 1 N–H and O–H groups in total. The van der Waals surface area contributed by atoms with Crippen LogP contribution < -0.4 is 14.5 Å². The number of halogens is 1. The lowest BCUT2D eigenvalue weighted by Gasteiger charge is -2.13. The van der Waals surface area contributed by atoms with E-state index in [1.807, 2.05) is 0 Å². The molecule has 3 aromatic rings. The summed E-state index contributed by atoms with van der Waals surface area (Å²) < 4.78 is 10.8. The number of anilines is 1. The maximum atomic E-state index is 13.0. The smallest absolute Gasteiger partial charge is 0.353 e. The van der Waals surface area contributed by atoms with Crippen LogP contribution in [0.3, 0.4) is 0 Å². The predicted octanol–water partition coefficient (Wildman–Crippen LogP) is 5.13. The number of hydrogen-bond donors (Lipinski definition) is 1. The normalized spacial score (nSPS) is 14.3. The third kappa shape index (κ3) is 4.57. The van der Waals surface area contributed by atoms with Gasteiger partial charge < -0.3 is 14.6 Å². The molecule has 0 radical (unpaired) electrons. The van der Waals surface area contributed by atoms with E-state index in [1.54, 1.807) is 48.7 Å². The quantitative estimate of drug-likeness (QED) is 0.288. The molecule has 1 amide bonds. The maximum absolute atomic E-state index is 13.0. The summed E-state index contributed by atoms with van der Waals surface area (Å²) in [7, 11) is 1.45. The van der Waals surface area contributed by atoms with Crippen LogP contribution in [0.5, 0.6) is 11.5 Å². The Hall–Kier alpha value is -3.95. The van der Waals surface area contributed by atoms with Crippen LogP contribution in [0, 0.1) is 0 Å². The fourth-order valence-corrected chi connectivity index (χ4v) is 4.04. The molecule has 0 aliphatic carbocycles. The summed E-state index contributed by atoms with van der Waals surface area (Å²) in [6.45, 7) is 1.67. The van der Waals surface area contributed by atoms with Crippen LogP contribution in [-0.4, -0.2) is 35.8 Å². The van der Waals surface area contributed by atoms with Gasteiger partial charge >= 0.3 is 11.9 Å². The van der Waals surface area contributed by atoms with E-state index in [4.69, 9.17) is 21.1 Å². The lowest BCUT2D eigenvalue weighted by atomic mass is 10.1. The van der Waals surface area contributed by atoms with E-state index in [0.29, 0.717) is 27.5 Å². The van der Waals surface area contributed by atoms with Crippen molar-refractivity contribution in [3.05, 3.63) is 80.5 Å². The molecule has 0 fully saturated rings. The van der Waals surface area contributed by atoms with Gasteiger partial charge in [-0.2, -0.15) is 10.1 Å². The number of esters is 1. The molecule has 0 bridgehead atoms. The van der Waals surface area contributed by atoms with Gasteiger partial charge in [-0.3, -0.25) is 4.79 Å². The molecule has 0 unspecified atom stereocenters. The fraction of sp³-hybridized carbons (Fsp3) is 0.0833. The van der Waals surface area contributed by atoms with Crippen molar-refractivity contribution in [2.24, 2.45) is 5.10 Å². The molecule has 0 atom stereocenters. The minimum Gasteiger partial charge on any atom is -0.493 e.